The molecule has 0 atom stereocenters. The van der Waals surface area contributed by atoms with E-state index >= 15 is 0 Å². The zero-order valence-electron chi connectivity index (χ0n) is 4.27. The molecule has 1 aliphatic rings. The summed E-state index contributed by atoms with van der Waals surface area (Å²) in [5.74, 6) is 0. The molecule has 1 fully saturated rings. The predicted molar refractivity (Wildman–Crippen MR) is 33.0 cm³/mol. The third kappa shape index (κ3) is 0.894. The van der Waals surface area contributed by atoms with E-state index in [0.717, 1.165) is 18.3 Å². The van der Waals surface area contributed by atoms with Gasteiger partial charge in [0.05, 0.1) is 18.3 Å². The van der Waals surface area contributed by atoms with Gasteiger partial charge in [0.1, 0.15) is 0 Å². The Hall–Kier alpha value is -0.150. The van der Waals surface area contributed by atoms with Crippen LogP contribution in [0.4, 0.5) is 0 Å². The van der Waals surface area contributed by atoms with Gasteiger partial charge < -0.3 is 4.90 Å². The highest BCUT2D eigenvalue weighted by Gasteiger charge is 2.10. The summed E-state index contributed by atoms with van der Waals surface area (Å²) >= 11 is 4.85. The summed E-state index contributed by atoms with van der Waals surface area (Å²) in [7, 11) is 0. The molecule has 0 aromatic rings. The first-order valence-electron chi connectivity index (χ1n) is 2.27. The molecular weight excluding hydrogens is 108 g/mol. The smallest absolute Gasteiger partial charge is 0.0768 e. The van der Waals surface area contributed by atoms with Crippen molar-refractivity contribution in [3.05, 3.63) is 0 Å². The third-order valence-corrected chi connectivity index (χ3v) is 1.31. The molecule has 1 saturated heterocycles. The number of nitrogens with one attached hydrogen (secondary N) is 1. The van der Waals surface area contributed by atoms with Crippen LogP contribution in [0.1, 0.15) is 6.92 Å². The van der Waals surface area contributed by atoms with Gasteiger partial charge in [-0.3, -0.25) is 5.32 Å². The van der Waals surface area contributed by atoms with Gasteiger partial charge in [-0.2, -0.15) is 0 Å². The Morgan fingerprint density at radius 1 is 1.71 bits per heavy atom. The fourth-order valence-electron chi connectivity index (χ4n) is 0.446. The van der Waals surface area contributed by atoms with Crippen LogP contribution in [0.25, 0.3) is 0 Å². The average molecular weight is 116 g/mol. The molecule has 1 rings (SSSR count). The highest BCUT2D eigenvalue weighted by atomic mass is 32.1. The molecular formula is C4H8N2S. The lowest BCUT2D eigenvalue weighted by atomic mass is 10.5. The van der Waals surface area contributed by atoms with Crippen molar-refractivity contribution in [2.24, 2.45) is 0 Å². The predicted octanol–water partition coefficient (Wildman–Crippen LogP) is 0.154. The number of nitrogens with zero attached hydrogens (tertiary/aromatic N) is 1. The molecule has 1 heterocycles. The highest BCUT2D eigenvalue weighted by Crippen LogP contribution is 1.93. The van der Waals surface area contributed by atoms with Gasteiger partial charge in [0.2, 0.25) is 0 Å². The molecule has 0 aromatic heterocycles. The topological polar surface area (TPSA) is 15.3 Å². The lowest BCUT2D eigenvalue weighted by molar-refractivity contribution is 0.246. The minimum Gasteiger partial charge on any atom is -0.341 e. The van der Waals surface area contributed by atoms with Crippen LogP contribution < -0.4 is 5.32 Å². The summed E-state index contributed by atoms with van der Waals surface area (Å²) in [4.78, 5) is 3.08. The Morgan fingerprint density at radius 2 is 2.29 bits per heavy atom. The molecule has 40 valence electrons. The normalized spacial score (nSPS) is 18.7. The monoisotopic (exact) mass is 116 g/mol. The van der Waals surface area contributed by atoms with E-state index in [0.29, 0.717) is 0 Å². The number of hydrogen-bond donors (Lipinski definition) is 1. The molecule has 7 heavy (non-hydrogen) atoms. The maximum Gasteiger partial charge on any atom is 0.0768 e. The molecule has 0 saturated carbocycles. The minimum absolute atomic E-state index is 0.940. The molecule has 2 nitrogen and oxygen atoms in total. The molecule has 1 aliphatic heterocycles. The van der Waals surface area contributed by atoms with Crippen molar-refractivity contribution in [2.45, 2.75) is 6.92 Å². The minimum atomic E-state index is 0.940. The van der Waals surface area contributed by atoms with Crippen LogP contribution in [0.3, 0.4) is 0 Å². The highest BCUT2D eigenvalue weighted by molar-refractivity contribution is 7.80. The Morgan fingerprint density at radius 3 is 2.29 bits per heavy atom. The summed E-state index contributed by atoms with van der Waals surface area (Å²) in [6.45, 7) is 3.82. The number of rotatable bonds is 0. The van der Waals surface area contributed by atoms with E-state index < -0.39 is 0 Å². The summed E-state index contributed by atoms with van der Waals surface area (Å²) in [6.07, 6.45) is 0. The Bertz CT molecular complexity index is 87.7. The summed E-state index contributed by atoms with van der Waals surface area (Å²) in [6, 6.07) is 0. The van der Waals surface area contributed by atoms with Gasteiger partial charge >= 0.3 is 0 Å². The fraction of sp³-hybridized carbons (Fsp3) is 0.750. The zero-order valence-corrected chi connectivity index (χ0v) is 5.09. The van der Waals surface area contributed by atoms with E-state index in [4.69, 9.17) is 12.2 Å². The molecule has 0 amide bonds. The van der Waals surface area contributed by atoms with Crippen LogP contribution in [0.2, 0.25) is 0 Å². The molecule has 3 heteroatoms. The van der Waals surface area contributed by atoms with Crippen LogP contribution in [-0.2, 0) is 0 Å². The lowest BCUT2D eigenvalue weighted by Crippen LogP contribution is -2.53. The van der Waals surface area contributed by atoms with Crippen molar-refractivity contribution in [2.75, 3.05) is 13.3 Å². The summed E-state index contributed by atoms with van der Waals surface area (Å²) in [5, 5.41) is 3.08. The van der Waals surface area contributed by atoms with Crippen molar-refractivity contribution in [3.8, 4) is 0 Å². The molecule has 0 bridgehead atoms. The summed E-state index contributed by atoms with van der Waals surface area (Å²) < 4.78 is 0. The van der Waals surface area contributed by atoms with Crippen LogP contribution in [0.5, 0.6) is 0 Å². The van der Waals surface area contributed by atoms with Crippen LogP contribution in [-0.4, -0.2) is 23.2 Å². The molecule has 0 unspecified atom stereocenters. The second-order valence-electron chi connectivity index (χ2n) is 1.63. The second-order valence-corrected chi connectivity index (χ2v) is 2.22. The van der Waals surface area contributed by atoms with Crippen molar-refractivity contribution in [1.82, 2.24) is 10.2 Å². The Kier molecular flexibility index (Phi) is 1.25. The molecule has 0 aromatic carbocycles. The van der Waals surface area contributed by atoms with Gasteiger partial charge in [-0.15, -0.1) is 0 Å². The standard InChI is InChI=1S/C4H8N2S/c1-4(7)6-2-5-3-6/h5H,2-3H2,1H3. The van der Waals surface area contributed by atoms with Crippen LogP contribution >= 0.6 is 12.2 Å². The van der Waals surface area contributed by atoms with E-state index in [1.807, 2.05) is 6.92 Å². The van der Waals surface area contributed by atoms with E-state index in [1.165, 1.54) is 0 Å². The molecule has 0 radical (unpaired) electrons. The van der Waals surface area contributed by atoms with Gasteiger partial charge in [0.25, 0.3) is 0 Å². The Balaban J connectivity index is 2.27. The van der Waals surface area contributed by atoms with E-state index in [2.05, 4.69) is 10.2 Å². The van der Waals surface area contributed by atoms with Crippen molar-refractivity contribution in [3.63, 3.8) is 0 Å². The Labute approximate surface area is 48.5 Å². The van der Waals surface area contributed by atoms with Gasteiger partial charge in [0.15, 0.2) is 0 Å². The van der Waals surface area contributed by atoms with Gasteiger partial charge in [-0.25, -0.2) is 0 Å². The molecule has 0 spiro atoms. The maximum atomic E-state index is 4.85. The first-order chi connectivity index (χ1) is 3.30. The summed E-state index contributed by atoms with van der Waals surface area (Å²) in [5.41, 5.74) is 0. The third-order valence-electron chi connectivity index (χ3n) is 1.05. The van der Waals surface area contributed by atoms with Crippen LogP contribution in [0, 0.1) is 0 Å². The van der Waals surface area contributed by atoms with E-state index in [-0.39, 0.29) is 0 Å². The van der Waals surface area contributed by atoms with E-state index in [9.17, 15) is 0 Å². The first-order valence-corrected chi connectivity index (χ1v) is 2.68. The number of hydrogen-bond acceptors (Lipinski definition) is 2. The second kappa shape index (κ2) is 1.76. The van der Waals surface area contributed by atoms with Crippen molar-refractivity contribution >= 4 is 17.2 Å². The SMILES string of the molecule is CC(=S)N1CNC1. The van der Waals surface area contributed by atoms with Crippen LogP contribution in [0.15, 0.2) is 0 Å². The fourth-order valence-corrected chi connectivity index (χ4v) is 0.575. The largest absolute Gasteiger partial charge is 0.341 e. The first kappa shape index (κ1) is 5.00. The average Bonchev–Trinajstić information content (AvgIpc) is 1.23. The molecule has 0 aliphatic carbocycles. The van der Waals surface area contributed by atoms with E-state index in [1.54, 1.807) is 0 Å². The molecule has 1 N–H and O–H groups in total. The lowest BCUT2D eigenvalue weighted by Gasteiger charge is -2.32. The van der Waals surface area contributed by atoms with Gasteiger partial charge in [-0.05, 0) is 6.92 Å². The maximum absolute atomic E-state index is 4.85. The van der Waals surface area contributed by atoms with Crippen molar-refractivity contribution < 1.29 is 0 Å². The zero-order chi connectivity index (χ0) is 5.28. The quantitative estimate of drug-likeness (QED) is 0.454. The van der Waals surface area contributed by atoms with Crippen molar-refractivity contribution in [1.29, 1.82) is 0 Å². The van der Waals surface area contributed by atoms with Gasteiger partial charge in [-0.1, -0.05) is 12.2 Å². The number of thiocarbonyl (C=S) groups is 1. The van der Waals surface area contributed by atoms with Gasteiger partial charge in [0, 0.05) is 0 Å².